The molecule has 0 unspecified atom stereocenters. The molecule has 2 aromatic heterocycles. The molecule has 0 fully saturated rings. The number of hydrogen-bond acceptors (Lipinski definition) is 5. The van der Waals surface area contributed by atoms with Crippen molar-refractivity contribution in [3.63, 3.8) is 0 Å². The lowest BCUT2D eigenvalue weighted by atomic mass is 10.1. The number of nitrogens with zero attached hydrogens (tertiary/aromatic N) is 4. The van der Waals surface area contributed by atoms with E-state index in [1.807, 2.05) is 36.4 Å². The van der Waals surface area contributed by atoms with Crippen molar-refractivity contribution in [3.8, 4) is 6.07 Å². The van der Waals surface area contributed by atoms with E-state index in [0.717, 1.165) is 28.4 Å². The number of nitrogens with two attached hydrogens (primary N) is 2. The molecule has 1 amide bonds. The zero-order valence-electron chi connectivity index (χ0n) is 15.8. The van der Waals surface area contributed by atoms with Crippen LogP contribution in [0.25, 0.3) is 21.8 Å². The summed E-state index contributed by atoms with van der Waals surface area (Å²) >= 11 is 0. The van der Waals surface area contributed by atoms with Crippen molar-refractivity contribution >= 4 is 50.7 Å². The van der Waals surface area contributed by atoms with Crippen molar-refractivity contribution in [2.75, 3.05) is 16.4 Å². The SMILES string of the molecule is CCn1c2ccccc2c2cc(N3C(=O)Cc4c3nc(N)c(C#N)c4N)ccc21. The molecule has 0 atom stereocenters. The largest absolute Gasteiger partial charge is 0.397 e. The number of pyridine rings is 1. The van der Waals surface area contributed by atoms with Gasteiger partial charge in [-0.1, -0.05) is 18.2 Å². The third-order valence-corrected chi connectivity index (χ3v) is 5.58. The number of fused-ring (bicyclic) bond motifs is 4. The summed E-state index contributed by atoms with van der Waals surface area (Å²) in [5, 5.41) is 11.5. The summed E-state index contributed by atoms with van der Waals surface area (Å²) < 4.78 is 2.25. The molecule has 7 nitrogen and oxygen atoms in total. The molecule has 0 bridgehead atoms. The lowest BCUT2D eigenvalue weighted by Crippen LogP contribution is -2.21. The first-order valence-electron chi connectivity index (χ1n) is 9.37. The van der Waals surface area contributed by atoms with Crippen LogP contribution in [0, 0.1) is 11.3 Å². The van der Waals surface area contributed by atoms with Gasteiger partial charge in [-0.05, 0) is 31.2 Å². The minimum Gasteiger partial charge on any atom is -0.397 e. The summed E-state index contributed by atoms with van der Waals surface area (Å²) in [5.41, 5.74) is 15.9. The van der Waals surface area contributed by atoms with Crippen LogP contribution in [0.1, 0.15) is 18.1 Å². The fraction of sp³-hybridized carbons (Fsp3) is 0.136. The molecule has 0 aliphatic carbocycles. The monoisotopic (exact) mass is 382 g/mol. The molecule has 0 spiro atoms. The molecule has 3 heterocycles. The number of aromatic nitrogens is 2. The van der Waals surface area contributed by atoms with Crippen LogP contribution in [0.15, 0.2) is 42.5 Å². The van der Waals surface area contributed by atoms with Gasteiger partial charge in [0.15, 0.2) is 0 Å². The first-order chi connectivity index (χ1) is 14.0. The third-order valence-electron chi connectivity index (χ3n) is 5.58. The van der Waals surface area contributed by atoms with Gasteiger partial charge in [0.1, 0.15) is 23.3 Å². The summed E-state index contributed by atoms with van der Waals surface area (Å²) in [6, 6.07) is 16.1. The molecular weight excluding hydrogens is 364 g/mol. The predicted molar refractivity (Wildman–Crippen MR) is 114 cm³/mol. The molecule has 0 radical (unpaired) electrons. The summed E-state index contributed by atoms with van der Waals surface area (Å²) in [4.78, 5) is 18.7. The second-order valence-corrected chi connectivity index (χ2v) is 7.07. The Morgan fingerprint density at radius 1 is 1.14 bits per heavy atom. The number of amides is 1. The maximum absolute atomic E-state index is 12.9. The van der Waals surface area contributed by atoms with Crippen LogP contribution in [0.3, 0.4) is 0 Å². The Hall–Kier alpha value is -4.05. The number of nitrogen functional groups attached to an aromatic ring is 2. The van der Waals surface area contributed by atoms with Gasteiger partial charge < -0.3 is 16.0 Å². The Balaban J connectivity index is 1.75. The molecule has 0 saturated carbocycles. The minimum atomic E-state index is -0.146. The summed E-state index contributed by atoms with van der Waals surface area (Å²) in [6.45, 7) is 2.96. The lowest BCUT2D eigenvalue weighted by molar-refractivity contribution is -0.116. The number of carbonyl (C=O) groups excluding carboxylic acids is 1. The molecule has 1 aliphatic rings. The number of benzene rings is 2. The van der Waals surface area contributed by atoms with Gasteiger partial charge in [0.2, 0.25) is 5.91 Å². The highest BCUT2D eigenvalue weighted by Gasteiger charge is 2.34. The maximum Gasteiger partial charge on any atom is 0.237 e. The van der Waals surface area contributed by atoms with Gasteiger partial charge in [0.05, 0.1) is 17.8 Å². The zero-order chi connectivity index (χ0) is 20.3. The fourth-order valence-corrected chi connectivity index (χ4v) is 4.26. The van der Waals surface area contributed by atoms with E-state index in [1.54, 1.807) is 4.90 Å². The van der Waals surface area contributed by atoms with Crippen LogP contribution in [0.4, 0.5) is 23.0 Å². The summed E-state index contributed by atoms with van der Waals surface area (Å²) in [6.07, 6.45) is 0.0951. The minimum absolute atomic E-state index is 0.0344. The van der Waals surface area contributed by atoms with Crippen LogP contribution in [-0.4, -0.2) is 15.5 Å². The fourth-order valence-electron chi connectivity index (χ4n) is 4.26. The van der Waals surface area contributed by atoms with Crippen LogP contribution in [-0.2, 0) is 17.8 Å². The molecule has 29 heavy (non-hydrogen) atoms. The van der Waals surface area contributed by atoms with Gasteiger partial charge in [-0.2, -0.15) is 5.26 Å². The molecular formula is C22H18N6O. The van der Waals surface area contributed by atoms with Crippen molar-refractivity contribution in [1.29, 1.82) is 5.26 Å². The third kappa shape index (κ3) is 2.23. The van der Waals surface area contributed by atoms with Crippen molar-refractivity contribution in [2.24, 2.45) is 0 Å². The Labute approximate surface area is 166 Å². The van der Waals surface area contributed by atoms with E-state index >= 15 is 0 Å². The van der Waals surface area contributed by atoms with Crippen molar-refractivity contribution in [1.82, 2.24) is 9.55 Å². The van der Waals surface area contributed by atoms with E-state index in [2.05, 4.69) is 28.6 Å². The van der Waals surface area contributed by atoms with Crippen molar-refractivity contribution in [3.05, 3.63) is 53.6 Å². The summed E-state index contributed by atoms with van der Waals surface area (Å²) in [7, 11) is 0. The number of anilines is 4. The van der Waals surface area contributed by atoms with E-state index in [-0.39, 0.29) is 29.4 Å². The zero-order valence-corrected chi connectivity index (χ0v) is 15.8. The van der Waals surface area contributed by atoms with Crippen molar-refractivity contribution in [2.45, 2.75) is 19.9 Å². The summed E-state index contributed by atoms with van der Waals surface area (Å²) in [5.74, 6) is 0.293. The van der Waals surface area contributed by atoms with Crippen LogP contribution in [0.5, 0.6) is 0 Å². The predicted octanol–water partition coefficient (Wildman–Crippen LogP) is 3.47. The molecule has 1 aliphatic heterocycles. The second kappa shape index (κ2) is 5.97. The Bertz CT molecular complexity index is 1380. The first-order valence-corrected chi connectivity index (χ1v) is 9.37. The molecule has 5 rings (SSSR count). The molecule has 0 saturated heterocycles. The molecule has 142 valence electrons. The highest BCUT2D eigenvalue weighted by atomic mass is 16.2. The van der Waals surface area contributed by atoms with Gasteiger partial charge in [-0.25, -0.2) is 4.98 Å². The van der Waals surface area contributed by atoms with Gasteiger partial charge in [-0.15, -0.1) is 0 Å². The second-order valence-electron chi connectivity index (χ2n) is 7.07. The van der Waals surface area contributed by atoms with E-state index in [9.17, 15) is 10.1 Å². The molecule has 2 aromatic carbocycles. The number of hydrogen-bond donors (Lipinski definition) is 2. The number of para-hydroxylation sites is 1. The van der Waals surface area contributed by atoms with Gasteiger partial charge in [0.25, 0.3) is 0 Å². The van der Waals surface area contributed by atoms with E-state index < -0.39 is 0 Å². The molecule has 4 aromatic rings. The average Bonchev–Trinajstić information content (AvgIpc) is 3.22. The van der Waals surface area contributed by atoms with Crippen molar-refractivity contribution < 1.29 is 4.79 Å². The van der Waals surface area contributed by atoms with Gasteiger partial charge in [-0.3, -0.25) is 9.69 Å². The quantitative estimate of drug-likeness (QED) is 0.551. The smallest absolute Gasteiger partial charge is 0.237 e. The lowest BCUT2D eigenvalue weighted by Gasteiger charge is -2.18. The Morgan fingerprint density at radius 2 is 1.90 bits per heavy atom. The Kier molecular flexibility index (Phi) is 3.52. The number of aryl methyl sites for hydroxylation is 1. The van der Waals surface area contributed by atoms with E-state index in [4.69, 9.17) is 11.5 Å². The molecule has 4 N–H and O–H groups in total. The highest BCUT2D eigenvalue weighted by Crippen LogP contribution is 2.41. The van der Waals surface area contributed by atoms with Crippen LogP contribution in [0.2, 0.25) is 0 Å². The van der Waals surface area contributed by atoms with Gasteiger partial charge >= 0.3 is 0 Å². The van der Waals surface area contributed by atoms with E-state index in [1.165, 1.54) is 0 Å². The average molecular weight is 382 g/mol. The van der Waals surface area contributed by atoms with Crippen LogP contribution < -0.4 is 16.4 Å². The number of nitriles is 1. The standard InChI is InChI=1S/C22H18N6O/c1-2-27-17-6-4-3-5-13(17)14-9-12(7-8-18(14)27)28-19(29)10-15-20(24)16(11-23)21(25)26-22(15)28/h3-9H,2,10H2,1H3,(H4,24,25,26). The number of carbonyl (C=O) groups is 1. The van der Waals surface area contributed by atoms with Gasteiger partial charge in [0, 0.05) is 33.9 Å². The first kappa shape index (κ1) is 17.1. The highest BCUT2D eigenvalue weighted by molar-refractivity contribution is 6.13. The van der Waals surface area contributed by atoms with Crippen LogP contribution >= 0.6 is 0 Å². The van der Waals surface area contributed by atoms with E-state index in [0.29, 0.717) is 17.1 Å². The Morgan fingerprint density at radius 3 is 2.66 bits per heavy atom. The molecule has 7 heteroatoms. The topological polar surface area (TPSA) is 114 Å². The normalized spacial score (nSPS) is 13.2. The number of rotatable bonds is 2. The maximum atomic E-state index is 12.9.